The van der Waals surface area contributed by atoms with Gasteiger partial charge < -0.3 is 16.2 Å². The van der Waals surface area contributed by atoms with Gasteiger partial charge in [-0.05, 0) is 11.8 Å². The average Bonchev–Trinajstić information content (AvgIpc) is 2.11. The summed E-state index contributed by atoms with van der Waals surface area (Å²) in [5.41, 5.74) is 5.62. The highest BCUT2D eigenvalue weighted by molar-refractivity contribution is 5.81. The molecule has 0 aromatic heterocycles. The van der Waals surface area contributed by atoms with Gasteiger partial charge >= 0.3 is 5.97 Å². The first-order valence-corrected chi connectivity index (χ1v) is 5.09. The smallest absolute Gasteiger partial charge is 0.303 e. The minimum Gasteiger partial charge on any atom is -0.481 e. The molecule has 0 aromatic carbocycles. The fraction of sp³-hybridized carbons (Fsp3) is 0.800. The molecule has 0 saturated heterocycles. The number of carboxylic acids is 1. The molecular formula is C10H20N2O3. The third-order valence-corrected chi connectivity index (χ3v) is 2.17. The summed E-state index contributed by atoms with van der Waals surface area (Å²) in [7, 11) is 0. The van der Waals surface area contributed by atoms with Crippen LogP contribution < -0.4 is 11.1 Å². The van der Waals surface area contributed by atoms with Crippen LogP contribution in [0, 0.1) is 11.8 Å². The van der Waals surface area contributed by atoms with Crippen LogP contribution in [-0.4, -0.2) is 29.6 Å². The van der Waals surface area contributed by atoms with E-state index in [2.05, 4.69) is 5.32 Å². The molecule has 0 aromatic rings. The highest BCUT2D eigenvalue weighted by Gasteiger charge is 2.17. The van der Waals surface area contributed by atoms with Crippen molar-refractivity contribution in [3.8, 4) is 0 Å². The lowest BCUT2D eigenvalue weighted by Gasteiger charge is -2.17. The van der Waals surface area contributed by atoms with Crippen molar-refractivity contribution in [1.29, 1.82) is 0 Å². The van der Waals surface area contributed by atoms with Gasteiger partial charge in [-0.1, -0.05) is 20.8 Å². The number of nitrogens with one attached hydrogen (secondary N) is 1. The Bertz CT molecular complexity index is 229. The number of aliphatic carboxylic acids is 1. The van der Waals surface area contributed by atoms with E-state index >= 15 is 0 Å². The fourth-order valence-electron chi connectivity index (χ4n) is 1.07. The van der Waals surface area contributed by atoms with Gasteiger partial charge in [-0.2, -0.15) is 0 Å². The number of hydrogen-bond donors (Lipinski definition) is 3. The van der Waals surface area contributed by atoms with E-state index in [0.717, 1.165) is 0 Å². The summed E-state index contributed by atoms with van der Waals surface area (Å²) in [6.45, 7) is 5.86. The van der Waals surface area contributed by atoms with Crippen LogP contribution in [0.2, 0.25) is 0 Å². The monoisotopic (exact) mass is 216 g/mol. The van der Waals surface area contributed by atoms with Crippen LogP contribution in [0.15, 0.2) is 0 Å². The molecule has 1 unspecified atom stereocenters. The molecule has 1 amide bonds. The predicted molar refractivity (Wildman–Crippen MR) is 57.2 cm³/mol. The van der Waals surface area contributed by atoms with Crippen molar-refractivity contribution in [2.75, 3.05) is 6.54 Å². The maximum Gasteiger partial charge on any atom is 0.303 e. The number of carbonyl (C=O) groups excluding carboxylic acids is 1. The molecule has 0 saturated carbocycles. The van der Waals surface area contributed by atoms with Crippen LogP contribution in [0.3, 0.4) is 0 Å². The minimum atomic E-state index is -0.857. The van der Waals surface area contributed by atoms with E-state index in [-0.39, 0.29) is 24.2 Å². The molecule has 88 valence electrons. The number of hydrogen-bond acceptors (Lipinski definition) is 3. The topological polar surface area (TPSA) is 92.4 Å². The van der Waals surface area contributed by atoms with Gasteiger partial charge in [0.2, 0.25) is 5.91 Å². The van der Waals surface area contributed by atoms with Crippen molar-refractivity contribution in [2.45, 2.75) is 33.2 Å². The van der Waals surface area contributed by atoms with Gasteiger partial charge in [-0.25, -0.2) is 0 Å². The number of rotatable bonds is 6. The Kier molecular flexibility index (Phi) is 5.93. The summed E-state index contributed by atoms with van der Waals surface area (Å²) in [4.78, 5) is 21.8. The van der Waals surface area contributed by atoms with Crippen LogP contribution in [-0.2, 0) is 9.59 Å². The Balaban J connectivity index is 3.85. The Morgan fingerprint density at radius 3 is 2.27 bits per heavy atom. The summed E-state index contributed by atoms with van der Waals surface area (Å²) in [6, 6.07) is -0.526. The molecule has 0 heterocycles. The van der Waals surface area contributed by atoms with E-state index in [1.165, 1.54) is 0 Å². The summed E-state index contributed by atoms with van der Waals surface area (Å²) in [5, 5.41) is 11.2. The lowest BCUT2D eigenvalue weighted by atomic mass is 10.0. The molecule has 0 radical (unpaired) electrons. The van der Waals surface area contributed by atoms with E-state index < -0.39 is 12.0 Å². The summed E-state index contributed by atoms with van der Waals surface area (Å²) in [5.74, 6) is -1.07. The van der Waals surface area contributed by atoms with Gasteiger partial charge in [-0.15, -0.1) is 0 Å². The Morgan fingerprint density at radius 1 is 1.33 bits per heavy atom. The average molecular weight is 216 g/mol. The first-order chi connectivity index (χ1) is 6.84. The van der Waals surface area contributed by atoms with Crippen molar-refractivity contribution in [3.63, 3.8) is 0 Å². The first-order valence-electron chi connectivity index (χ1n) is 5.09. The van der Waals surface area contributed by atoms with Crippen LogP contribution >= 0.6 is 0 Å². The zero-order valence-corrected chi connectivity index (χ0v) is 9.49. The summed E-state index contributed by atoms with van der Waals surface area (Å²) in [6.07, 6.45) is 0.0528. The van der Waals surface area contributed by atoms with Crippen LogP contribution in [0.4, 0.5) is 0 Å². The molecule has 4 N–H and O–H groups in total. The molecule has 0 bridgehead atoms. The van der Waals surface area contributed by atoms with Gasteiger partial charge in [0.25, 0.3) is 0 Å². The van der Waals surface area contributed by atoms with E-state index in [9.17, 15) is 9.59 Å². The largest absolute Gasteiger partial charge is 0.481 e. The highest BCUT2D eigenvalue weighted by atomic mass is 16.4. The van der Waals surface area contributed by atoms with E-state index in [0.29, 0.717) is 6.54 Å². The zero-order chi connectivity index (χ0) is 12.0. The molecule has 0 rings (SSSR count). The maximum atomic E-state index is 11.4. The van der Waals surface area contributed by atoms with Crippen molar-refractivity contribution in [2.24, 2.45) is 17.6 Å². The Labute approximate surface area is 90.0 Å². The maximum absolute atomic E-state index is 11.4. The van der Waals surface area contributed by atoms with Gasteiger partial charge in [0.05, 0.1) is 6.04 Å². The second-order valence-corrected chi connectivity index (χ2v) is 4.22. The second kappa shape index (κ2) is 6.40. The number of amides is 1. The Hall–Kier alpha value is -1.10. The van der Waals surface area contributed by atoms with Gasteiger partial charge in [-0.3, -0.25) is 9.59 Å². The normalized spacial score (nSPS) is 14.7. The van der Waals surface area contributed by atoms with E-state index in [4.69, 9.17) is 10.8 Å². The molecule has 15 heavy (non-hydrogen) atoms. The van der Waals surface area contributed by atoms with Crippen LogP contribution in [0.1, 0.15) is 27.2 Å². The first kappa shape index (κ1) is 13.9. The summed E-state index contributed by atoms with van der Waals surface area (Å²) < 4.78 is 0. The molecule has 0 aliphatic rings. The third-order valence-electron chi connectivity index (χ3n) is 2.17. The van der Waals surface area contributed by atoms with Crippen molar-refractivity contribution in [1.82, 2.24) is 5.32 Å². The Morgan fingerprint density at radius 2 is 1.87 bits per heavy atom. The predicted octanol–water partition coefficient (Wildman–Crippen LogP) is 0.197. The number of carboxylic acid groups (broad SMARTS) is 1. The highest BCUT2D eigenvalue weighted by Crippen LogP contribution is 2.01. The zero-order valence-electron chi connectivity index (χ0n) is 9.49. The minimum absolute atomic E-state index is 0.0528. The fourth-order valence-corrected chi connectivity index (χ4v) is 1.07. The number of nitrogens with two attached hydrogens (primary N) is 1. The molecule has 2 atom stereocenters. The van der Waals surface area contributed by atoms with Crippen molar-refractivity contribution >= 4 is 11.9 Å². The molecule has 0 aliphatic carbocycles. The van der Waals surface area contributed by atoms with Crippen molar-refractivity contribution < 1.29 is 14.7 Å². The lowest BCUT2D eigenvalue weighted by Crippen LogP contribution is -2.45. The third kappa shape index (κ3) is 6.06. The molecule has 0 spiro atoms. The molecule has 0 fully saturated rings. The van der Waals surface area contributed by atoms with Crippen molar-refractivity contribution in [3.05, 3.63) is 0 Å². The van der Waals surface area contributed by atoms with Gasteiger partial charge in [0, 0.05) is 13.0 Å². The molecule has 5 heteroatoms. The second-order valence-electron chi connectivity index (χ2n) is 4.22. The van der Waals surface area contributed by atoms with Crippen LogP contribution in [0.5, 0.6) is 0 Å². The van der Waals surface area contributed by atoms with Gasteiger partial charge in [0.1, 0.15) is 0 Å². The van der Waals surface area contributed by atoms with E-state index in [1.54, 1.807) is 6.92 Å². The number of carbonyl (C=O) groups is 2. The van der Waals surface area contributed by atoms with E-state index in [1.807, 2.05) is 13.8 Å². The molecule has 0 aliphatic heterocycles. The standard InChI is InChI=1S/C10H20N2O3/c1-6(2)9(11)10(15)12-5-7(3)4-8(13)14/h6-7,9H,4-5,11H2,1-3H3,(H,12,15)(H,13,14)/t7?,9-/m0/s1. The van der Waals surface area contributed by atoms with Crippen LogP contribution in [0.25, 0.3) is 0 Å². The summed E-state index contributed by atoms with van der Waals surface area (Å²) >= 11 is 0. The molecular weight excluding hydrogens is 196 g/mol. The van der Waals surface area contributed by atoms with Gasteiger partial charge in [0.15, 0.2) is 0 Å². The molecule has 5 nitrogen and oxygen atoms in total. The SMILES string of the molecule is CC(CNC(=O)[C@@H](N)C(C)C)CC(=O)O. The quantitative estimate of drug-likeness (QED) is 0.591. The lowest BCUT2D eigenvalue weighted by molar-refractivity contribution is -0.138.